The minimum absolute atomic E-state index is 0.484. The summed E-state index contributed by atoms with van der Waals surface area (Å²) in [5.74, 6) is 0. The van der Waals surface area contributed by atoms with Crippen LogP contribution in [-0.2, 0) is 4.65 Å². The number of hydrogen-bond acceptors (Lipinski definition) is 2. The van der Waals surface area contributed by atoms with E-state index in [1.165, 1.54) is 11.1 Å². The molecule has 0 aliphatic carbocycles. The van der Waals surface area contributed by atoms with Crippen LogP contribution in [0.2, 0.25) is 0 Å². The Bertz CT molecular complexity index is 586. The second-order valence-electron chi connectivity index (χ2n) is 6.42. The van der Waals surface area contributed by atoms with Crippen molar-refractivity contribution in [3.63, 3.8) is 0 Å². The minimum Gasteiger partial charge on any atom is -0.427 e. The van der Waals surface area contributed by atoms with Gasteiger partial charge in [-0.15, -0.1) is 0 Å². The Morgan fingerprint density at radius 1 is 0.857 bits per heavy atom. The van der Waals surface area contributed by atoms with Crippen molar-refractivity contribution in [1.29, 1.82) is 0 Å². The van der Waals surface area contributed by atoms with Crippen LogP contribution in [0.3, 0.4) is 0 Å². The molecule has 0 saturated heterocycles. The highest BCUT2D eigenvalue weighted by Crippen LogP contribution is 2.24. The monoisotopic (exact) mass is 282 g/mol. The Morgan fingerprint density at radius 3 is 2.10 bits per heavy atom. The summed E-state index contributed by atoms with van der Waals surface area (Å²) < 4.78 is 5.92. The van der Waals surface area contributed by atoms with Crippen LogP contribution in [0, 0.1) is 0 Å². The molecule has 2 aromatic rings. The summed E-state index contributed by atoms with van der Waals surface area (Å²) in [6, 6.07) is 18.6. The van der Waals surface area contributed by atoms with Crippen molar-refractivity contribution in [3.8, 4) is 11.1 Å². The summed E-state index contributed by atoms with van der Waals surface area (Å²) >= 11 is 0. The number of hydrogen-bond donors (Lipinski definition) is 1. The molecule has 3 heteroatoms. The van der Waals surface area contributed by atoms with E-state index in [0.717, 1.165) is 5.46 Å². The lowest BCUT2D eigenvalue weighted by Gasteiger charge is -2.37. The first-order chi connectivity index (χ1) is 9.79. The summed E-state index contributed by atoms with van der Waals surface area (Å²) in [6.07, 6.45) is 0. The Kier molecular flexibility index (Phi) is 4.55. The average Bonchev–Trinajstić information content (AvgIpc) is 2.45. The Balaban J connectivity index is 2.13. The molecule has 0 amide bonds. The van der Waals surface area contributed by atoms with Gasteiger partial charge in [0.1, 0.15) is 0 Å². The minimum atomic E-state index is -0.885. The lowest BCUT2D eigenvalue weighted by atomic mass is 9.81. The second-order valence-corrected chi connectivity index (χ2v) is 6.42. The quantitative estimate of drug-likeness (QED) is 0.854. The van der Waals surface area contributed by atoms with E-state index < -0.39 is 11.2 Å². The first kappa shape index (κ1) is 15.8. The molecule has 21 heavy (non-hydrogen) atoms. The SMILES string of the molecule is CC(C)(O)C(C)(C)OBc1cccc(-c2ccccc2)c1. The van der Waals surface area contributed by atoms with Gasteiger partial charge >= 0.3 is 7.48 Å². The predicted molar refractivity (Wildman–Crippen MR) is 90.1 cm³/mol. The topological polar surface area (TPSA) is 29.5 Å². The van der Waals surface area contributed by atoms with Crippen LogP contribution < -0.4 is 5.46 Å². The molecule has 2 aromatic carbocycles. The van der Waals surface area contributed by atoms with Crippen molar-refractivity contribution in [2.24, 2.45) is 0 Å². The molecule has 0 spiro atoms. The van der Waals surface area contributed by atoms with Crippen molar-refractivity contribution in [1.82, 2.24) is 0 Å². The molecule has 0 aliphatic heterocycles. The summed E-state index contributed by atoms with van der Waals surface area (Å²) in [5, 5.41) is 10.1. The molecular formula is C18H23BO2. The molecule has 0 fully saturated rings. The zero-order valence-electron chi connectivity index (χ0n) is 13.3. The maximum atomic E-state index is 10.1. The maximum Gasteiger partial charge on any atom is 0.309 e. The molecule has 0 aromatic heterocycles. The van der Waals surface area contributed by atoms with Gasteiger partial charge in [0.2, 0.25) is 0 Å². The fourth-order valence-electron chi connectivity index (χ4n) is 1.91. The van der Waals surface area contributed by atoms with E-state index in [4.69, 9.17) is 4.65 Å². The van der Waals surface area contributed by atoms with Gasteiger partial charge in [-0.3, -0.25) is 0 Å². The number of rotatable bonds is 5. The van der Waals surface area contributed by atoms with E-state index in [1.807, 2.05) is 44.2 Å². The molecule has 0 atom stereocenters. The van der Waals surface area contributed by atoms with Crippen LogP contribution in [0.1, 0.15) is 27.7 Å². The molecule has 110 valence electrons. The van der Waals surface area contributed by atoms with Gasteiger partial charge < -0.3 is 9.76 Å². The standard InChI is InChI=1S/C18H23BO2/c1-17(2,20)18(3,4)21-19-16-12-8-11-15(13-16)14-9-6-5-7-10-14/h5-13,19-20H,1-4H3. The molecule has 2 nitrogen and oxygen atoms in total. The molecular weight excluding hydrogens is 259 g/mol. The Labute approximate surface area is 128 Å². The molecule has 0 radical (unpaired) electrons. The summed E-state index contributed by atoms with van der Waals surface area (Å²) in [7, 11) is 0.484. The first-order valence-electron chi connectivity index (χ1n) is 7.30. The smallest absolute Gasteiger partial charge is 0.309 e. The van der Waals surface area contributed by atoms with Crippen molar-refractivity contribution in [2.75, 3.05) is 0 Å². The summed E-state index contributed by atoms with van der Waals surface area (Å²) in [4.78, 5) is 0. The van der Waals surface area contributed by atoms with Crippen molar-refractivity contribution in [2.45, 2.75) is 38.9 Å². The Hall–Kier alpha value is -1.58. The van der Waals surface area contributed by atoms with Crippen LogP contribution >= 0.6 is 0 Å². The average molecular weight is 282 g/mol. The fourth-order valence-corrected chi connectivity index (χ4v) is 1.91. The molecule has 0 unspecified atom stereocenters. The van der Waals surface area contributed by atoms with E-state index in [1.54, 1.807) is 13.8 Å². The van der Waals surface area contributed by atoms with Crippen LogP contribution in [0.5, 0.6) is 0 Å². The molecule has 0 bridgehead atoms. The number of aliphatic hydroxyl groups is 1. The molecule has 0 saturated carbocycles. The zero-order valence-corrected chi connectivity index (χ0v) is 13.3. The molecule has 2 rings (SSSR count). The summed E-state index contributed by atoms with van der Waals surface area (Å²) in [5.41, 5.74) is 1.99. The Morgan fingerprint density at radius 2 is 1.48 bits per heavy atom. The lowest BCUT2D eigenvalue weighted by molar-refractivity contribution is -0.0893. The number of benzene rings is 2. The third-order valence-electron chi connectivity index (χ3n) is 4.11. The van der Waals surface area contributed by atoms with Gasteiger partial charge in [-0.1, -0.05) is 60.1 Å². The van der Waals surface area contributed by atoms with Crippen LogP contribution in [0.25, 0.3) is 11.1 Å². The highest BCUT2D eigenvalue weighted by Gasteiger charge is 2.35. The third-order valence-corrected chi connectivity index (χ3v) is 4.11. The molecule has 0 aliphatic rings. The summed E-state index contributed by atoms with van der Waals surface area (Å²) in [6.45, 7) is 7.36. The van der Waals surface area contributed by atoms with Crippen molar-refractivity contribution < 1.29 is 9.76 Å². The maximum absolute atomic E-state index is 10.1. The van der Waals surface area contributed by atoms with Crippen LogP contribution in [0.4, 0.5) is 0 Å². The predicted octanol–water partition coefficient (Wildman–Crippen LogP) is 2.90. The van der Waals surface area contributed by atoms with Gasteiger partial charge in [0, 0.05) is 0 Å². The second kappa shape index (κ2) is 6.04. The zero-order chi connectivity index (χ0) is 15.5. The van der Waals surface area contributed by atoms with E-state index in [0.29, 0.717) is 7.48 Å². The van der Waals surface area contributed by atoms with Gasteiger partial charge in [0.25, 0.3) is 0 Å². The van der Waals surface area contributed by atoms with E-state index >= 15 is 0 Å². The van der Waals surface area contributed by atoms with Gasteiger partial charge in [0.15, 0.2) is 0 Å². The molecule has 1 N–H and O–H groups in total. The highest BCUT2D eigenvalue weighted by atomic mass is 16.5. The van der Waals surface area contributed by atoms with Gasteiger partial charge in [-0.25, -0.2) is 0 Å². The molecule has 0 heterocycles. The van der Waals surface area contributed by atoms with Crippen molar-refractivity contribution in [3.05, 3.63) is 54.6 Å². The lowest BCUT2D eigenvalue weighted by Crippen LogP contribution is -2.49. The van der Waals surface area contributed by atoms with E-state index in [2.05, 4.69) is 24.3 Å². The third kappa shape index (κ3) is 3.96. The fraction of sp³-hybridized carbons (Fsp3) is 0.333. The highest BCUT2D eigenvalue weighted by molar-refractivity contribution is 6.47. The van der Waals surface area contributed by atoms with E-state index in [9.17, 15) is 5.11 Å². The van der Waals surface area contributed by atoms with Gasteiger partial charge in [-0.05, 0) is 38.8 Å². The van der Waals surface area contributed by atoms with Gasteiger partial charge in [0.05, 0.1) is 11.2 Å². The van der Waals surface area contributed by atoms with Crippen LogP contribution in [-0.4, -0.2) is 23.8 Å². The van der Waals surface area contributed by atoms with Crippen molar-refractivity contribution >= 4 is 12.9 Å². The first-order valence-corrected chi connectivity index (χ1v) is 7.30. The van der Waals surface area contributed by atoms with E-state index in [-0.39, 0.29) is 0 Å². The largest absolute Gasteiger partial charge is 0.427 e. The normalized spacial score (nSPS) is 12.2. The van der Waals surface area contributed by atoms with Crippen LogP contribution in [0.15, 0.2) is 54.6 Å². The van der Waals surface area contributed by atoms with Gasteiger partial charge in [-0.2, -0.15) is 0 Å².